The number of benzene rings is 2. The van der Waals surface area contributed by atoms with Gasteiger partial charge in [-0.1, -0.05) is 47.5 Å². The standard InChI is InChI=1S/C19H15Cl2NO3/c1-25-19(24)15-11-22(17-5-3-2-4-14(15)17)18(23)9-7-12-6-8-13(20)10-16(12)21/h2-6,8,10-11H,7,9H2,1H3. The van der Waals surface area contributed by atoms with E-state index in [0.29, 0.717) is 32.9 Å². The smallest absolute Gasteiger partial charge is 0.340 e. The molecule has 0 aliphatic rings. The number of ether oxygens (including phenoxy) is 1. The Kier molecular flexibility index (Phi) is 5.11. The topological polar surface area (TPSA) is 48.3 Å². The maximum Gasteiger partial charge on any atom is 0.340 e. The fraction of sp³-hybridized carbons (Fsp3) is 0.158. The fourth-order valence-corrected chi connectivity index (χ4v) is 3.25. The van der Waals surface area contributed by atoms with Crippen molar-refractivity contribution in [2.75, 3.05) is 7.11 Å². The van der Waals surface area contributed by atoms with Crippen molar-refractivity contribution >= 4 is 46.0 Å². The summed E-state index contributed by atoms with van der Waals surface area (Å²) in [6.45, 7) is 0. The van der Waals surface area contributed by atoms with Crippen molar-refractivity contribution in [1.29, 1.82) is 0 Å². The van der Waals surface area contributed by atoms with E-state index in [-0.39, 0.29) is 12.3 Å². The van der Waals surface area contributed by atoms with Gasteiger partial charge < -0.3 is 4.74 Å². The van der Waals surface area contributed by atoms with Gasteiger partial charge in [0, 0.05) is 28.0 Å². The van der Waals surface area contributed by atoms with E-state index < -0.39 is 5.97 Å². The van der Waals surface area contributed by atoms with Crippen LogP contribution >= 0.6 is 23.2 Å². The average Bonchev–Trinajstić information content (AvgIpc) is 3.00. The highest BCUT2D eigenvalue weighted by molar-refractivity contribution is 6.35. The van der Waals surface area contributed by atoms with Gasteiger partial charge in [-0.05, 0) is 30.2 Å². The summed E-state index contributed by atoms with van der Waals surface area (Å²) in [7, 11) is 1.32. The van der Waals surface area contributed by atoms with Crippen LogP contribution < -0.4 is 0 Å². The first-order valence-corrected chi connectivity index (χ1v) is 8.42. The summed E-state index contributed by atoms with van der Waals surface area (Å²) >= 11 is 12.0. The molecule has 0 amide bonds. The van der Waals surface area contributed by atoms with Gasteiger partial charge in [0.1, 0.15) is 0 Å². The highest BCUT2D eigenvalue weighted by Crippen LogP contribution is 2.25. The Balaban J connectivity index is 1.88. The number of hydrogen-bond acceptors (Lipinski definition) is 3. The van der Waals surface area contributed by atoms with E-state index in [0.717, 1.165) is 5.56 Å². The molecule has 6 heteroatoms. The minimum Gasteiger partial charge on any atom is -0.465 e. The van der Waals surface area contributed by atoms with Crippen molar-refractivity contribution in [2.45, 2.75) is 12.8 Å². The Hall–Kier alpha value is -2.30. The van der Waals surface area contributed by atoms with Crippen LogP contribution in [0, 0.1) is 0 Å². The molecule has 0 N–H and O–H groups in total. The van der Waals surface area contributed by atoms with Crippen LogP contribution in [0.15, 0.2) is 48.7 Å². The zero-order valence-corrected chi connectivity index (χ0v) is 15.0. The number of aromatic nitrogens is 1. The third-order valence-corrected chi connectivity index (χ3v) is 4.60. The molecule has 4 nitrogen and oxygen atoms in total. The highest BCUT2D eigenvalue weighted by Gasteiger charge is 2.18. The number of hydrogen-bond donors (Lipinski definition) is 0. The lowest BCUT2D eigenvalue weighted by atomic mass is 10.1. The van der Waals surface area contributed by atoms with Crippen LogP contribution in [0.5, 0.6) is 0 Å². The summed E-state index contributed by atoms with van der Waals surface area (Å²) in [4.78, 5) is 24.6. The summed E-state index contributed by atoms with van der Waals surface area (Å²) < 4.78 is 6.29. The molecule has 0 aliphatic carbocycles. The zero-order valence-electron chi connectivity index (χ0n) is 13.5. The molecule has 0 fully saturated rings. The number of fused-ring (bicyclic) bond motifs is 1. The molecular weight excluding hydrogens is 361 g/mol. The third-order valence-electron chi connectivity index (χ3n) is 4.01. The van der Waals surface area contributed by atoms with Crippen molar-refractivity contribution in [3.8, 4) is 0 Å². The van der Waals surface area contributed by atoms with Crippen LogP contribution in [0.3, 0.4) is 0 Å². The van der Waals surface area contributed by atoms with Gasteiger partial charge in [0.25, 0.3) is 0 Å². The third kappa shape index (κ3) is 3.55. The van der Waals surface area contributed by atoms with Gasteiger partial charge in [0.2, 0.25) is 5.91 Å². The maximum absolute atomic E-state index is 12.7. The number of halogens is 2. The van der Waals surface area contributed by atoms with Crippen LogP contribution in [-0.2, 0) is 11.2 Å². The second kappa shape index (κ2) is 7.30. The van der Waals surface area contributed by atoms with Gasteiger partial charge in [-0.3, -0.25) is 9.36 Å². The van der Waals surface area contributed by atoms with Gasteiger partial charge in [0.05, 0.1) is 18.2 Å². The van der Waals surface area contributed by atoms with Crippen molar-refractivity contribution in [1.82, 2.24) is 4.57 Å². The summed E-state index contributed by atoms with van der Waals surface area (Å²) in [5, 5.41) is 1.78. The lowest BCUT2D eigenvalue weighted by Crippen LogP contribution is -2.10. The molecule has 0 saturated carbocycles. The van der Waals surface area contributed by atoms with Gasteiger partial charge >= 0.3 is 5.97 Å². The van der Waals surface area contributed by atoms with Crippen LogP contribution in [0.1, 0.15) is 27.1 Å². The molecule has 0 saturated heterocycles. The van der Waals surface area contributed by atoms with Crippen LogP contribution in [0.2, 0.25) is 10.0 Å². The van der Waals surface area contributed by atoms with E-state index in [9.17, 15) is 9.59 Å². The van der Waals surface area contributed by atoms with Gasteiger partial charge in [0.15, 0.2) is 0 Å². The number of carbonyl (C=O) groups excluding carboxylic acids is 2. The van der Waals surface area contributed by atoms with E-state index in [1.54, 1.807) is 24.3 Å². The van der Waals surface area contributed by atoms with Gasteiger partial charge in [-0.2, -0.15) is 0 Å². The first-order valence-electron chi connectivity index (χ1n) is 7.67. The summed E-state index contributed by atoms with van der Waals surface area (Å²) in [5.41, 5.74) is 1.90. The Labute approximate surface area is 154 Å². The van der Waals surface area contributed by atoms with E-state index in [4.69, 9.17) is 27.9 Å². The van der Waals surface area contributed by atoms with E-state index in [1.165, 1.54) is 17.9 Å². The maximum atomic E-state index is 12.7. The molecule has 128 valence electrons. The number of carbonyl (C=O) groups is 2. The molecule has 3 rings (SSSR count). The quantitative estimate of drug-likeness (QED) is 0.602. The average molecular weight is 376 g/mol. The van der Waals surface area contributed by atoms with Crippen LogP contribution in [0.4, 0.5) is 0 Å². The lowest BCUT2D eigenvalue weighted by molar-refractivity contribution is 0.0603. The number of methoxy groups -OCH3 is 1. The fourth-order valence-electron chi connectivity index (χ4n) is 2.75. The van der Waals surface area contributed by atoms with Crippen molar-refractivity contribution in [3.63, 3.8) is 0 Å². The van der Waals surface area contributed by atoms with E-state index in [2.05, 4.69) is 0 Å². The molecule has 1 heterocycles. The Morgan fingerprint density at radius 1 is 1.12 bits per heavy atom. The molecular formula is C19H15Cl2NO3. The monoisotopic (exact) mass is 375 g/mol. The lowest BCUT2D eigenvalue weighted by Gasteiger charge is -2.06. The van der Waals surface area contributed by atoms with E-state index >= 15 is 0 Å². The number of esters is 1. The van der Waals surface area contributed by atoms with Crippen molar-refractivity contribution in [2.24, 2.45) is 0 Å². The molecule has 2 aromatic carbocycles. The summed E-state index contributed by atoms with van der Waals surface area (Å²) in [5.74, 6) is -0.596. The first-order chi connectivity index (χ1) is 12.0. The van der Waals surface area contributed by atoms with Crippen LogP contribution in [0.25, 0.3) is 10.9 Å². The molecule has 25 heavy (non-hydrogen) atoms. The van der Waals surface area contributed by atoms with E-state index in [1.807, 2.05) is 18.2 Å². The minimum absolute atomic E-state index is 0.127. The SMILES string of the molecule is COC(=O)c1cn(C(=O)CCc2ccc(Cl)cc2Cl)c2ccccc12. The number of rotatable bonds is 4. The largest absolute Gasteiger partial charge is 0.465 e. The Morgan fingerprint density at radius 3 is 2.60 bits per heavy atom. The minimum atomic E-state index is -0.469. The summed E-state index contributed by atoms with van der Waals surface area (Å²) in [6, 6.07) is 12.4. The van der Waals surface area contributed by atoms with Gasteiger partial charge in [-0.15, -0.1) is 0 Å². The zero-order chi connectivity index (χ0) is 18.0. The Morgan fingerprint density at radius 2 is 1.88 bits per heavy atom. The molecule has 0 unspecified atom stereocenters. The number of nitrogens with zero attached hydrogens (tertiary/aromatic N) is 1. The second-order valence-electron chi connectivity index (χ2n) is 5.55. The van der Waals surface area contributed by atoms with Crippen molar-refractivity contribution < 1.29 is 14.3 Å². The summed E-state index contributed by atoms with van der Waals surface area (Å²) in [6.07, 6.45) is 2.26. The van der Waals surface area contributed by atoms with Crippen LogP contribution in [-0.4, -0.2) is 23.6 Å². The predicted octanol–water partition coefficient (Wildman–Crippen LogP) is 5.01. The predicted molar refractivity (Wildman–Crippen MR) is 98.7 cm³/mol. The van der Waals surface area contributed by atoms with Crippen molar-refractivity contribution in [3.05, 3.63) is 69.8 Å². The number of para-hydroxylation sites is 1. The molecule has 0 bridgehead atoms. The molecule has 0 atom stereocenters. The molecule has 1 aromatic heterocycles. The normalized spacial score (nSPS) is 10.8. The number of aryl methyl sites for hydroxylation is 1. The van der Waals surface area contributed by atoms with Gasteiger partial charge in [-0.25, -0.2) is 4.79 Å². The molecule has 0 radical (unpaired) electrons. The second-order valence-corrected chi connectivity index (χ2v) is 6.39. The molecule has 3 aromatic rings. The Bertz CT molecular complexity index is 962. The first kappa shape index (κ1) is 17.5. The molecule has 0 spiro atoms. The highest BCUT2D eigenvalue weighted by atomic mass is 35.5. The molecule has 0 aliphatic heterocycles.